The van der Waals surface area contributed by atoms with Gasteiger partial charge in [0.1, 0.15) is 6.07 Å². The lowest BCUT2D eigenvalue weighted by Gasteiger charge is -2.12. The third-order valence-corrected chi connectivity index (χ3v) is 2.92. The SMILES string of the molecule is CCCCOC(=O)C(C)Cc1ccc(C#N)c(N)c1. The quantitative estimate of drug-likeness (QED) is 0.484. The highest BCUT2D eigenvalue weighted by Gasteiger charge is 2.15. The maximum Gasteiger partial charge on any atom is 0.308 e. The minimum atomic E-state index is -0.204. The minimum absolute atomic E-state index is 0.184. The van der Waals surface area contributed by atoms with Crippen LogP contribution in [0.1, 0.15) is 37.8 Å². The normalized spacial score (nSPS) is 11.6. The molecule has 1 atom stereocenters. The zero-order valence-electron chi connectivity index (χ0n) is 11.5. The van der Waals surface area contributed by atoms with E-state index in [2.05, 4.69) is 6.92 Å². The van der Waals surface area contributed by atoms with Crippen LogP contribution in [-0.4, -0.2) is 12.6 Å². The first-order valence-corrected chi connectivity index (χ1v) is 6.53. The van der Waals surface area contributed by atoms with Crippen molar-refractivity contribution in [1.29, 1.82) is 5.26 Å². The van der Waals surface area contributed by atoms with Gasteiger partial charge in [0.05, 0.1) is 18.1 Å². The van der Waals surface area contributed by atoms with E-state index in [1.165, 1.54) is 0 Å². The van der Waals surface area contributed by atoms with E-state index in [0.717, 1.165) is 18.4 Å². The molecule has 19 heavy (non-hydrogen) atoms. The zero-order valence-corrected chi connectivity index (χ0v) is 11.5. The summed E-state index contributed by atoms with van der Waals surface area (Å²) in [6, 6.07) is 7.27. The Balaban J connectivity index is 2.57. The van der Waals surface area contributed by atoms with Gasteiger partial charge in [-0.15, -0.1) is 0 Å². The van der Waals surface area contributed by atoms with Crippen LogP contribution in [0.15, 0.2) is 18.2 Å². The number of nitrogen functional groups attached to an aromatic ring is 1. The van der Waals surface area contributed by atoms with E-state index in [1.54, 1.807) is 12.1 Å². The number of nitrogens with two attached hydrogens (primary N) is 1. The average molecular weight is 260 g/mol. The molecule has 0 saturated heterocycles. The fraction of sp³-hybridized carbons (Fsp3) is 0.467. The van der Waals surface area contributed by atoms with Gasteiger partial charge in [0, 0.05) is 5.69 Å². The highest BCUT2D eigenvalue weighted by molar-refractivity contribution is 5.72. The summed E-state index contributed by atoms with van der Waals surface area (Å²) < 4.78 is 5.17. The van der Waals surface area contributed by atoms with E-state index in [9.17, 15) is 4.79 Å². The number of anilines is 1. The molecule has 0 bridgehead atoms. The molecule has 1 unspecified atom stereocenters. The first-order chi connectivity index (χ1) is 9.08. The van der Waals surface area contributed by atoms with Crippen molar-refractivity contribution in [3.05, 3.63) is 29.3 Å². The monoisotopic (exact) mass is 260 g/mol. The Morgan fingerprint density at radius 3 is 2.84 bits per heavy atom. The smallest absolute Gasteiger partial charge is 0.308 e. The van der Waals surface area contributed by atoms with E-state index in [4.69, 9.17) is 15.7 Å². The number of unbranched alkanes of at least 4 members (excludes halogenated alkanes) is 1. The summed E-state index contributed by atoms with van der Waals surface area (Å²) in [5, 5.41) is 8.80. The lowest BCUT2D eigenvalue weighted by molar-refractivity contribution is -0.148. The second-order valence-electron chi connectivity index (χ2n) is 4.66. The van der Waals surface area contributed by atoms with Gasteiger partial charge in [0.25, 0.3) is 0 Å². The molecule has 0 spiro atoms. The van der Waals surface area contributed by atoms with Crippen molar-refractivity contribution < 1.29 is 9.53 Å². The van der Waals surface area contributed by atoms with Crippen molar-refractivity contribution in [3.63, 3.8) is 0 Å². The van der Waals surface area contributed by atoms with Gasteiger partial charge in [-0.05, 0) is 30.5 Å². The number of ether oxygens (including phenoxy) is 1. The fourth-order valence-electron chi connectivity index (χ4n) is 1.74. The molecule has 2 N–H and O–H groups in total. The van der Waals surface area contributed by atoms with Crippen LogP contribution in [0.2, 0.25) is 0 Å². The molecule has 0 fully saturated rings. The Bertz CT molecular complexity index is 478. The molecule has 4 nitrogen and oxygen atoms in total. The molecule has 0 aromatic heterocycles. The molecule has 0 amide bonds. The molecule has 102 valence electrons. The van der Waals surface area contributed by atoms with Crippen LogP contribution in [0.25, 0.3) is 0 Å². The minimum Gasteiger partial charge on any atom is -0.465 e. The predicted molar refractivity (Wildman–Crippen MR) is 74.3 cm³/mol. The van der Waals surface area contributed by atoms with E-state index in [-0.39, 0.29) is 11.9 Å². The van der Waals surface area contributed by atoms with Crippen LogP contribution in [0, 0.1) is 17.2 Å². The molecule has 4 heteroatoms. The molecule has 1 rings (SSSR count). The Kier molecular flexibility index (Phi) is 5.87. The van der Waals surface area contributed by atoms with Gasteiger partial charge >= 0.3 is 5.97 Å². The molecule has 0 heterocycles. The molecule has 0 saturated carbocycles. The molecular weight excluding hydrogens is 240 g/mol. The van der Waals surface area contributed by atoms with Crippen LogP contribution in [-0.2, 0) is 16.0 Å². The van der Waals surface area contributed by atoms with Crippen LogP contribution >= 0.6 is 0 Å². The Labute approximate surface area is 114 Å². The molecule has 1 aromatic rings. The van der Waals surface area contributed by atoms with E-state index >= 15 is 0 Å². The second kappa shape index (κ2) is 7.42. The number of hydrogen-bond donors (Lipinski definition) is 1. The highest BCUT2D eigenvalue weighted by atomic mass is 16.5. The first-order valence-electron chi connectivity index (χ1n) is 6.53. The van der Waals surface area contributed by atoms with Crippen LogP contribution < -0.4 is 5.73 Å². The van der Waals surface area contributed by atoms with Crippen LogP contribution in [0.4, 0.5) is 5.69 Å². The number of esters is 1. The van der Waals surface area contributed by atoms with Crippen LogP contribution in [0.5, 0.6) is 0 Å². The van der Waals surface area contributed by atoms with E-state index < -0.39 is 0 Å². The van der Waals surface area contributed by atoms with Crippen molar-refractivity contribution >= 4 is 11.7 Å². The van der Waals surface area contributed by atoms with Crippen molar-refractivity contribution in [2.75, 3.05) is 12.3 Å². The van der Waals surface area contributed by atoms with Crippen molar-refractivity contribution in [1.82, 2.24) is 0 Å². The lowest BCUT2D eigenvalue weighted by Crippen LogP contribution is -2.17. The second-order valence-corrected chi connectivity index (χ2v) is 4.66. The summed E-state index contributed by atoms with van der Waals surface area (Å²) >= 11 is 0. The Morgan fingerprint density at radius 1 is 1.53 bits per heavy atom. The molecule has 0 radical (unpaired) electrons. The number of rotatable bonds is 6. The van der Waals surface area contributed by atoms with Gasteiger partial charge < -0.3 is 10.5 Å². The third-order valence-electron chi connectivity index (χ3n) is 2.92. The number of carbonyl (C=O) groups excluding carboxylic acids is 1. The standard InChI is InChI=1S/C15H20N2O2/c1-3-4-7-19-15(18)11(2)8-12-5-6-13(10-16)14(17)9-12/h5-6,9,11H,3-4,7-8,17H2,1-2H3. The third kappa shape index (κ3) is 4.63. The zero-order chi connectivity index (χ0) is 14.3. The summed E-state index contributed by atoms with van der Waals surface area (Å²) in [5.41, 5.74) is 7.60. The van der Waals surface area contributed by atoms with E-state index in [0.29, 0.717) is 24.3 Å². The van der Waals surface area contributed by atoms with Gasteiger partial charge in [0.15, 0.2) is 0 Å². The number of nitriles is 1. The topological polar surface area (TPSA) is 76.1 Å². The van der Waals surface area contributed by atoms with Gasteiger partial charge in [-0.1, -0.05) is 26.3 Å². The summed E-state index contributed by atoms with van der Waals surface area (Å²) in [6.45, 7) is 4.37. The number of nitrogens with zero attached hydrogens (tertiary/aromatic N) is 1. The van der Waals surface area contributed by atoms with Gasteiger partial charge in [0.2, 0.25) is 0 Å². The first kappa shape index (κ1) is 15.0. The summed E-state index contributed by atoms with van der Waals surface area (Å²) in [4.78, 5) is 11.7. The Hall–Kier alpha value is -2.02. The van der Waals surface area contributed by atoms with Gasteiger partial charge in [-0.25, -0.2) is 0 Å². The fourth-order valence-corrected chi connectivity index (χ4v) is 1.74. The summed E-state index contributed by atoms with van der Waals surface area (Å²) in [5.74, 6) is -0.388. The number of benzene rings is 1. The van der Waals surface area contributed by atoms with Crippen molar-refractivity contribution in [2.45, 2.75) is 33.1 Å². The predicted octanol–water partition coefficient (Wildman–Crippen LogP) is 2.66. The Morgan fingerprint density at radius 2 is 2.26 bits per heavy atom. The average Bonchev–Trinajstić information content (AvgIpc) is 2.39. The van der Waals surface area contributed by atoms with Gasteiger partial charge in [-0.3, -0.25) is 4.79 Å². The molecule has 0 aliphatic heterocycles. The largest absolute Gasteiger partial charge is 0.465 e. The lowest BCUT2D eigenvalue weighted by atomic mass is 9.99. The molecule has 1 aromatic carbocycles. The molecule has 0 aliphatic rings. The maximum atomic E-state index is 11.7. The summed E-state index contributed by atoms with van der Waals surface area (Å²) in [7, 11) is 0. The highest BCUT2D eigenvalue weighted by Crippen LogP contribution is 2.17. The van der Waals surface area contributed by atoms with E-state index in [1.807, 2.05) is 19.1 Å². The van der Waals surface area contributed by atoms with Gasteiger partial charge in [-0.2, -0.15) is 5.26 Å². The van der Waals surface area contributed by atoms with Crippen molar-refractivity contribution in [2.24, 2.45) is 5.92 Å². The van der Waals surface area contributed by atoms with Crippen LogP contribution in [0.3, 0.4) is 0 Å². The number of hydrogen-bond acceptors (Lipinski definition) is 4. The molecule has 0 aliphatic carbocycles. The number of carbonyl (C=O) groups is 1. The van der Waals surface area contributed by atoms with Crippen molar-refractivity contribution in [3.8, 4) is 6.07 Å². The summed E-state index contributed by atoms with van der Waals surface area (Å²) in [6.07, 6.45) is 2.47. The molecular formula is C15H20N2O2. The maximum absolute atomic E-state index is 11.7.